The van der Waals surface area contributed by atoms with Crippen LogP contribution >= 0.6 is 11.8 Å². The SMILES string of the molecule is CCSCCC(O)Cc1cccc2ccccc12. The van der Waals surface area contributed by atoms with Gasteiger partial charge in [-0.05, 0) is 40.7 Å². The van der Waals surface area contributed by atoms with Gasteiger partial charge in [0.05, 0.1) is 6.10 Å². The minimum Gasteiger partial charge on any atom is -0.393 e. The summed E-state index contributed by atoms with van der Waals surface area (Å²) in [7, 11) is 0. The van der Waals surface area contributed by atoms with Crippen LogP contribution in [0.1, 0.15) is 18.9 Å². The average Bonchev–Trinajstić information content (AvgIpc) is 2.39. The first-order valence-electron chi connectivity index (χ1n) is 6.53. The topological polar surface area (TPSA) is 20.2 Å². The number of benzene rings is 2. The number of rotatable bonds is 6. The van der Waals surface area contributed by atoms with E-state index < -0.39 is 0 Å². The van der Waals surface area contributed by atoms with Crippen LogP contribution in [0.15, 0.2) is 42.5 Å². The Labute approximate surface area is 113 Å². The second kappa shape index (κ2) is 6.81. The van der Waals surface area contributed by atoms with Crippen LogP contribution in [0.4, 0.5) is 0 Å². The highest BCUT2D eigenvalue weighted by Gasteiger charge is 2.07. The van der Waals surface area contributed by atoms with Crippen LogP contribution in [0.5, 0.6) is 0 Å². The molecule has 0 fully saturated rings. The predicted octanol–water partition coefficient (Wildman–Crippen LogP) is 3.89. The molecular weight excluding hydrogens is 240 g/mol. The maximum Gasteiger partial charge on any atom is 0.0588 e. The lowest BCUT2D eigenvalue weighted by atomic mass is 9.99. The summed E-state index contributed by atoms with van der Waals surface area (Å²) in [6, 6.07) is 14.7. The van der Waals surface area contributed by atoms with E-state index >= 15 is 0 Å². The van der Waals surface area contributed by atoms with Crippen molar-refractivity contribution in [3.8, 4) is 0 Å². The molecule has 0 aliphatic rings. The molecule has 0 aliphatic carbocycles. The van der Waals surface area contributed by atoms with Gasteiger partial charge in [0.2, 0.25) is 0 Å². The van der Waals surface area contributed by atoms with E-state index in [9.17, 15) is 5.11 Å². The maximum atomic E-state index is 10.1. The van der Waals surface area contributed by atoms with Crippen LogP contribution in [0.3, 0.4) is 0 Å². The molecule has 18 heavy (non-hydrogen) atoms. The van der Waals surface area contributed by atoms with E-state index in [1.807, 2.05) is 11.8 Å². The van der Waals surface area contributed by atoms with E-state index in [0.717, 1.165) is 24.3 Å². The van der Waals surface area contributed by atoms with E-state index in [2.05, 4.69) is 49.4 Å². The van der Waals surface area contributed by atoms with E-state index in [1.165, 1.54) is 16.3 Å². The van der Waals surface area contributed by atoms with Crippen LogP contribution in [0.2, 0.25) is 0 Å². The Hall–Kier alpha value is -0.990. The molecule has 0 bridgehead atoms. The first-order valence-corrected chi connectivity index (χ1v) is 7.69. The summed E-state index contributed by atoms with van der Waals surface area (Å²) in [5, 5.41) is 12.6. The zero-order valence-corrected chi connectivity index (χ0v) is 11.6. The van der Waals surface area contributed by atoms with Gasteiger partial charge in [-0.25, -0.2) is 0 Å². The summed E-state index contributed by atoms with van der Waals surface area (Å²) in [5.41, 5.74) is 1.25. The van der Waals surface area contributed by atoms with Crippen molar-refractivity contribution in [2.75, 3.05) is 11.5 Å². The summed E-state index contributed by atoms with van der Waals surface area (Å²) in [5.74, 6) is 2.17. The Balaban J connectivity index is 2.07. The number of hydrogen-bond donors (Lipinski definition) is 1. The number of aliphatic hydroxyl groups excluding tert-OH is 1. The number of thioether (sulfide) groups is 1. The first-order chi connectivity index (χ1) is 8.81. The van der Waals surface area contributed by atoms with E-state index in [0.29, 0.717) is 0 Å². The molecule has 1 unspecified atom stereocenters. The fraction of sp³-hybridized carbons (Fsp3) is 0.375. The first kappa shape index (κ1) is 13.4. The van der Waals surface area contributed by atoms with Crippen molar-refractivity contribution in [2.24, 2.45) is 0 Å². The van der Waals surface area contributed by atoms with E-state index in [4.69, 9.17) is 0 Å². The molecule has 96 valence electrons. The average molecular weight is 260 g/mol. The molecule has 2 aromatic rings. The Kier molecular flexibility index (Phi) is 5.09. The molecule has 0 aromatic heterocycles. The van der Waals surface area contributed by atoms with Gasteiger partial charge in [0.15, 0.2) is 0 Å². The standard InChI is InChI=1S/C16H20OS/c1-2-18-11-10-15(17)12-14-8-5-7-13-6-3-4-9-16(13)14/h3-9,15,17H,2,10-12H2,1H3. The van der Waals surface area contributed by atoms with Crippen molar-refractivity contribution in [3.63, 3.8) is 0 Å². The highest BCUT2D eigenvalue weighted by Crippen LogP contribution is 2.20. The third-order valence-corrected chi connectivity index (χ3v) is 4.07. The molecule has 1 atom stereocenters. The van der Waals surface area contributed by atoms with Crippen molar-refractivity contribution in [1.29, 1.82) is 0 Å². The van der Waals surface area contributed by atoms with Crippen molar-refractivity contribution in [2.45, 2.75) is 25.9 Å². The molecule has 2 rings (SSSR count). The summed E-state index contributed by atoms with van der Waals surface area (Å²) in [6.45, 7) is 2.15. The normalized spacial score (nSPS) is 12.8. The van der Waals surface area contributed by atoms with Gasteiger partial charge in [-0.15, -0.1) is 0 Å². The number of aliphatic hydroxyl groups is 1. The van der Waals surface area contributed by atoms with Crippen LogP contribution in [-0.2, 0) is 6.42 Å². The predicted molar refractivity (Wildman–Crippen MR) is 81.3 cm³/mol. The molecule has 0 amide bonds. The van der Waals surface area contributed by atoms with Crippen molar-refractivity contribution in [3.05, 3.63) is 48.0 Å². The second-order valence-electron chi connectivity index (χ2n) is 4.48. The lowest BCUT2D eigenvalue weighted by molar-refractivity contribution is 0.172. The fourth-order valence-corrected chi connectivity index (χ4v) is 2.92. The van der Waals surface area contributed by atoms with Gasteiger partial charge in [0.1, 0.15) is 0 Å². The lowest BCUT2D eigenvalue weighted by Crippen LogP contribution is -2.11. The van der Waals surface area contributed by atoms with Crippen LogP contribution in [0.25, 0.3) is 10.8 Å². The Morgan fingerprint density at radius 2 is 1.89 bits per heavy atom. The van der Waals surface area contributed by atoms with Gasteiger partial charge < -0.3 is 5.11 Å². The summed E-state index contributed by atoms with van der Waals surface area (Å²) >= 11 is 1.89. The maximum absolute atomic E-state index is 10.1. The van der Waals surface area contributed by atoms with Gasteiger partial charge in [0, 0.05) is 0 Å². The van der Waals surface area contributed by atoms with Gasteiger partial charge in [-0.3, -0.25) is 0 Å². The quantitative estimate of drug-likeness (QED) is 0.795. The van der Waals surface area contributed by atoms with Crippen molar-refractivity contribution in [1.82, 2.24) is 0 Å². The van der Waals surface area contributed by atoms with Gasteiger partial charge in [-0.1, -0.05) is 49.4 Å². The molecule has 2 aromatic carbocycles. The van der Waals surface area contributed by atoms with Gasteiger partial charge in [0.25, 0.3) is 0 Å². The molecule has 0 radical (unpaired) electrons. The van der Waals surface area contributed by atoms with Crippen LogP contribution in [-0.4, -0.2) is 22.7 Å². The van der Waals surface area contributed by atoms with E-state index in [1.54, 1.807) is 0 Å². The third kappa shape index (κ3) is 3.50. The molecule has 1 nitrogen and oxygen atoms in total. The molecule has 0 aliphatic heterocycles. The Morgan fingerprint density at radius 3 is 2.72 bits per heavy atom. The van der Waals surface area contributed by atoms with Crippen molar-refractivity contribution >= 4 is 22.5 Å². The lowest BCUT2D eigenvalue weighted by Gasteiger charge is -2.12. The van der Waals surface area contributed by atoms with Crippen molar-refractivity contribution < 1.29 is 5.11 Å². The second-order valence-corrected chi connectivity index (χ2v) is 5.88. The highest BCUT2D eigenvalue weighted by molar-refractivity contribution is 7.99. The Bertz CT molecular complexity index is 490. The van der Waals surface area contributed by atoms with E-state index in [-0.39, 0.29) is 6.10 Å². The minimum atomic E-state index is -0.227. The summed E-state index contributed by atoms with van der Waals surface area (Å²) < 4.78 is 0. The smallest absolute Gasteiger partial charge is 0.0588 e. The zero-order valence-electron chi connectivity index (χ0n) is 10.8. The molecule has 2 heteroatoms. The summed E-state index contributed by atoms with van der Waals surface area (Å²) in [6.07, 6.45) is 1.41. The summed E-state index contributed by atoms with van der Waals surface area (Å²) in [4.78, 5) is 0. The van der Waals surface area contributed by atoms with Gasteiger partial charge in [-0.2, -0.15) is 11.8 Å². The number of hydrogen-bond acceptors (Lipinski definition) is 2. The molecule has 0 saturated heterocycles. The molecule has 0 saturated carbocycles. The monoisotopic (exact) mass is 260 g/mol. The molecule has 0 heterocycles. The minimum absolute atomic E-state index is 0.227. The largest absolute Gasteiger partial charge is 0.393 e. The van der Waals surface area contributed by atoms with Crippen LogP contribution in [0, 0.1) is 0 Å². The highest BCUT2D eigenvalue weighted by atomic mass is 32.2. The van der Waals surface area contributed by atoms with Gasteiger partial charge >= 0.3 is 0 Å². The Morgan fingerprint density at radius 1 is 1.11 bits per heavy atom. The fourth-order valence-electron chi connectivity index (χ4n) is 2.19. The third-order valence-electron chi connectivity index (χ3n) is 3.14. The number of fused-ring (bicyclic) bond motifs is 1. The van der Waals surface area contributed by atoms with Crippen LogP contribution < -0.4 is 0 Å². The molecule has 0 spiro atoms. The molecule has 1 N–H and O–H groups in total. The molecular formula is C16H20OS. The zero-order chi connectivity index (χ0) is 12.8.